The summed E-state index contributed by atoms with van der Waals surface area (Å²) in [6.45, 7) is 2.54. The minimum absolute atomic E-state index is 0.195. The lowest BCUT2D eigenvalue weighted by Crippen LogP contribution is -2.29. The molecular formula is C31H31N3O5S. The fourth-order valence-electron chi connectivity index (χ4n) is 3.97. The van der Waals surface area contributed by atoms with Gasteiger partial charge >= 0.3 is 0 Å². The summed E-state index contributed by atoms with van der Waals surface area (Å²) in [5.41, 5.74) is 6.95. The number of methoxy groups -OCH3 is 1. The molecule has 0 aromatic heterocycles. The maximum absolute atomic E-state index is 12.6. The van der Waals surface area contributed by atoms with Crippen LogP contribution in [0.4, 0.5) is 5.69 Å². The van der Waals surface area contributed by atoms with Crippen molar-refractivity contribution < 1.29 is 22.7 Å². The van der Waals surface area contributed by atoms with E-state index >= 15 is 0 Å². The van der Waals surface area contributed by atoms with Crippen LogP contribution in [0.1, 0.15) is 32.6 Å². The first-order valence-corrected chi connectivity index (χ1v) is 14.4. The van der Waals surface area contributed by atoms with E-state index in [0.29, 0.717) is 34.9 Å². The maximum Gasteiger partial charge on any atom is 0.271 e. The highest BCUT2D eigenvalue weighted by Crippen LogP contribution is 2.28. The zero-order chi connectivity index (χ0) is 28.5. The first-order chi connectivity index (χ1) is 19.2. The molecule has 0 radical (unpaired) electrons. The van der Waals surface area contributed by atoms with E-state index in [2.05, 4.69) is 10.5 Å². The van der Waals surface area contributed by atoms with Crippen molar-refractivity contribution in [2.24, 2.45) is 5.10 Å². The van der Waals surface area contributed by atoms with Crippen LogP contribution in [0.2, 0.25) is 0 Å². The number of hydrazone groups is 1. The van der Waals surface area contributed by atoms with Gasteiger partial charge in [-0.2, -0.15) is 5.10 Å². The van der Waals surface area contributed by atoms with Crippen LogP contribution in [-0.2, 0) is 23.2 Å². The number of hydrogen-bond acceptors (Lipinski definition) is 6. The molecule has 206 valence electrons. The fraction of sp³-hybridized carbons (Fsp3) is 0.161. The third kappa shape index (κ3) is 7.48. The normalized spacial score (nSPS) is 11.3. The topological polar surface area (TPSA) is 97.3 Å². The van der Waals surface area contributed by atoms with Crippen molar-refractivity contribution in [3.63, 3.8) is 0 Å². The molecule has 0 aliphatic carbocycles. The molecule has 1 N–H and O–H groups in total. The number of rotatable bonds is 11. The third-order valence-electron chi connectivity index (χ3n) is 6.20. The summed E-state index contributed by atoms with van der Waals surface area (Å²) in [5.74, 6) is 0.712. The molecule has 0 bridgehead atoms. The molecule has 0 heterocycles. The molecule has 8 nitrogen and oxygen atoms in total. The third-order valence-corrected chi connectivity index (χ3v) is 7.34. The number of carbonyl (C=O) groups excluding carboxylic acids is 1. The Bertz CT molecular complexity index is 1590. The molecule has 0 fully saturated rings. The summed E-state index contributed by atoms with van der Waals surface area (Å²) < 4.78 is 37.7. The van der Waals surface area contributed by atoms with Crippen molar-refractivity contribution in [2.75, 3.05) is 17.7 Å². The summed E-state index contributed by atoms with van der Waals surface area (Å²) >= 11 is 0. The second-order valence-electron chi connectivity index (χ2n) is 9.13. The van der Waals surface area contributed by atoms with Gasteiger partial charge in [-0.15, -0.1) is 0 Å². The zero-order valence-electron chi connectivity index (χ0n) is 22.6. The Kier molecular flexibility index (Phi) is 9.19. The van der Waals surface area contributed by atoms with Crippen molar-refractivity contribution in [3.05, 3.63) is 125 Å². The molecule has 1 amide bonds. The number of anilines is 1. The van der Waals surface area contributed by atoms with Crippen LogP contribution < -0.4 is 19.2 Å². The van der Waals surface area contributed by atoms with Gasteiger partial charge in [0.1, 0.15) is 6.61 Å². The van der Waals surface area contributed by atoms with Crippen molar-refractivity contribution >= 4 is 27.8 Å². The largest absolute Gasteiger partial charge is 0.493 e. The van der Waals surface area contributed by atoms with Gasteiger partial charge in [-0.05, 0) is 71.6 Å². The molecule has 0 atom stereocenters. The Morgan fingerprint density at radius 3 is 2.30 bits per heavy atom. The van der Waals surface area contributed by atoms with E-state index in [9.17, 15) is 13.2 Å². The van der Waals surface area contributed by atoms with Gasteiger partial charge in [-0.3, -0.25) is 9.10 Å². The van der Waals surface area contributed by atoms with Crippen LogP contribution in [0.25, 0.3) is 0 Å². The van der Waals surface area contributed by atoms with E-state index in [1.165, 1.54) is 10.5 Å². The molecule has 0 aliphatic rings. The zero-order valence-corrected chi connectivity index (χ0v) is 23.4. The van der Waals surface area contributed by atoms with Gasteiger partial charge in [0.2, 0.25) is 10.0 Å². The van der Waals surface area contributed by atoms with E-state index in [0.717, 1.165) is 22.9 Å². The monoisotopic (exact) mass is 557 g/mol. The first-order valence-electron chi connectivity index (χ1n) is 12.5. The number of aryl methyl sites for hydroxylation is 1. The summed E-state index contributed by atoms with van der Waals surface area (Å²) in [7, 11) is -1.99. The first kappa shape index (κ1) is 28.4. The number of nitrogens with zero attached hydrogens (tertiary/aromatic N) is 2. The summed E-state index contributed by atoms with van der Waals surface area (Å²) in [6.07, 6.45) is 2.67. The summed E-state index contributed by atoms with van der Waals surface area (Å²) in [4.78, 5) is 12.6. The average molecular weight is 558 g/mol. The molecule has 4 aromatic rings. The lowest BCUT2D eigenvalue weighted by atomic mass is 10.1. The van der Waals surface area contributed by atoms with Crippen LogP contribution in [0.15, 0.2) is 102 Å². The Hall–Kier alpha value is -4.63. The van der Waals surface area contributed by atoms with E-state index < -0.39 is 15.9 Å². The highest BCUT2D eigenvalue weighted by Gasteiger charge is 2.19. The lowest BCUT2D eigenvalue weighted by molar-refractivity contribution is 0.0955. The quantitative estimate of drug-likeness (QED) is 0.199. The van der Waals surface area contributed by atoms with E-state index in [1.807, 2.05) is 67.6 Å². The summed E-state index contributed by atoms with van der Waals surface area (Å²) in [5, 5.41) is 4.05. The number of carbonyl (C=O) groups is 1. The van der Waals surface area contributed by atoms with Crippen LogP contribution in [0.3, 0.4) is 0 Å². The number of amides is 1. The van der Waals surface area contributed by atoms with E-state index in [4.69, 9.17) is 9.47 Å². The van der Waals surface area contributed by atoms with Gasteiger partial charge in [0.05, 0.1) is 31.8 Å². The lowest BCUT2D eigenvalue weighted by Gasteiger charge is -2.23. The van der Waals surface area contributed by atoms with Gasteiger partial charge in [0, 0.05) is 5.56 Å². The minimum Gasteiger partial charge on any atom is -0.493 e. The van der Waals surface area contributed by atoms with Gasteiger partial charge in [0.25, 0.3) is 5.91 Å². The predicted octanol–water partition coefficient (Wildman–Crippen LogP) is 5.31. The van der Waals surface area contributed by atoms with Crippen molar-refractivity contribution in [1.82, 2.24) is 5.43 Å². The Labute approximate surface area is 234 Å². The molecule has 0 unspecified atom stereocenters. The molecule has 0 saturated carbocycles. The predicted molar refractivity (Wildman–Crippen MR) is 157 cm³/mol. The molecule has 4 rings (SSSR count). The number of benzene rings is 4. The Morgan fingerprint density at radius 1 is 0.925 bits per heavy atom. The highest BCUT2D eigenvalue weighted by molar-refractivity contribution is 7.92. The fourth-order valence-corrected chi connectivity index (χ4v) is 4.85. The second-order valence-corrected chi connectivity index (χ2v) is 11.0. The van der Waals surface area contributed by atoms with Gasteiger partial charge < -0.3 is 9.47 Å². The Balaban J connectivity index is 1.39. The standard InChI is InChI=1S/C31H31N3O5S/c1-23-9-7-8-12-27(23)21-34(40(3,36)37)28-16-14-26(15-17-28)31(35)33-32-20-25-13-18-29(30(19-25)38-2)39-22-24-10-5-4-6-11-24/h4-20H,21-22H2,1-3H3,(H,33,35)/b32-20-. The van der Waals surface area contributed by atoms with Crippen molar-refractivity contribution in [3.8, 4) is 11.5 Å². The smallest absolute Gasteiger partial charge is 0.271 e. The number of ether oxygens (including phenoxy) is 2. The van der Waals surface area contributed by atoms with Gasteiger partial charge in [0.15, 0.2) is 11.5 Å². The van der Waals surface area contributed by atoms with Gasteiger partial charge in [-0.1, -0.05) is 54.6 Å². The van der Waals surface area contributed by atoms with Crippen molar-refractivity contribution in [2.45, 2.75) is 20.1 Å². The van der Waals surface area contributed by atoms with Crippen LogP contribution >= 0.6 is 0 Å². The summed E-state index contributed by atoms with van der Waals surface area (Å²) in [6, 6.07) is 29.2. The van der Waals surface area contributed by atoms with Gasteiger partial charge in [-0.25, -0.2) is 13.8 Å². The minimum atomic E-state index is -3.55. The SMILES string of the molecule is COc1cc(/C=N\NC(=O)c2ccc(N(Cc3ccccc3C)S(C)(=O)=O)cc2)ccc1OCc1ccccc1. The highest BCUT2D eigenvalue weighted by atomic mass is 32.2. The molecule has 0 spiro atoms. The molecule has 9 heteroatoms. The molecule has 0 aliphatic heterocycles. The van der Waals surface area contributed by atoms with Crippen molar-refractivity contribution in [1.29, 1.82) is 0 Å². The average Bonchev–Trinajstić information content (AvgIpc) is 2.96. The van der Waals surface area contributed by atoms with Crippen LogP contribution in [-0.4, -0.2) is 33.9 Å². The molecule has 4 aromatic carbocycles. The van der Waals surface area contributed by atoms with E-state index in [1.54, 1.807) is 43.5 Å². The second kappa shape index (κ2) is 12.9. The number of nitrogens with one attached hydrogen (secondary N) is 1. The van der Waals surface area contributed by atoms with Crippen LogP contribution in [0, 0.1) is 6.92 Å². The number of sulfonamides is 1. The van der Waals surface area contributed by atoms with E-state index in [-0.39, 0.29) is 6.54 Å². The molecule has 40 heavy (non-hydrogen) atoms. The molecule has 0 saturated heterocycles. The maximum atomic E-state index is 12.6. The van der Waals surface area contributed by atoms with Crippen LogP contribution in [0.5, 0.6) is 11.5 Å². The Morgan fingerprint density at radius 2 is 1.62 bits per heavy atom. The number of hydrogen-bond donors (Lipinski definition) is 1. The molecular weight excluding hydrogens is 526 g/mol.